The Kier molecular flexibility index (Phi) is 7.38. The highest BCUT2D eigenvalue weighted by Crippen LogP contribution is 2.41. The summed E-state index contributed by atoms with van der Waals surface area (Å²) >= 11 is 0. The van der Waals surface area contributed by atoms with E-state index in [0.29, 0.717) is 66.6 Å². The van der Waals surface area contributed by atoms with Crippen LogP contribution in [0.25, 0.3) is 32.9 Å². The summed E-state index contributed by atoms with van der Waals surface area (Å²) in [5.41, 5.74) is -0.188. The average molecular weight is 647 g/mol. The number of alkyl halides is 1. The molecule has 7 heterocycles. The lowest BCUT2D eigenvalue weighted by Crippen LogP contribution is -2.57. The van der Waals surface area contributed by atoms with E-state index in [1.807, 2.05) is 17.9 Å². The number of anilines is 1. The van der Waals surface area contributed by atoms with Crippen molar-refractivity contribution >= 4 is 33.6 Å². The minimum Gasteiger partial charge on any atom is -0.461 e. The van der Waals surface area contributed by atoms with Gasteiger partial charge in [0, 0.05) is 37.8 Å². The highest BCUT2D eigenvalue weighted by atomic mass is 19.1. The van der Waals surface area contributed by atoms with Crippen LogP contribution in [0.5, 0.6) is 6.01 Å². The quantitative estimate of drug-likeness (QED) is 0.285. The average Bonchev–Trinajstić information content (AvgIpc) is 3.58. The largest absolute Gasteiger partial charge is 0.461 e. The summed E-state index contributed by atoms with van der Waals surface area (Å²) in [6.07, 6.45) is 4.33. The van der Waals surface area contributed by atoms with Gasteiger partial charge in [-0.2, -0.15) is 9.97 Å². The Morgan fingerprint density at radius 3 is 2.87 bits per heavy atom. The van der Waals surface area contributed by atoms with Crippen molar-refractivity contribution in [3.8, 4) is 17.3 Å². The number of hydrogen-bond acceptors (Lipinski definition) is 8. The molecule has 1 N–H and O–H groups in total. The molecule has 1 amide bonds. The zero-order valence-corrected chi connectivity index (χ0v) is 26.3. The Morgan fingerprint density at radius 2 is 1.98 bits per heavy atom. The molecule has 0 saturated carbocycles. The third kappa shape index (κ3) is 5.30. The number of amides is 1. The van der Waals surface area contributed by atoms with Crippen molar-refractivity contribution in [2.45, 2.75) is 69.1 Å². The summed E-state index contributed by atoms with van der Waals surface area (Å²) in [5, 5.41) is 4.71. The molecule has 9 rings (SSSR count). The smallest absolute Gasteiger partial charge is 0.407 e. The number of nitrogens with one attached hydrogen (secondary N) is 1. The zero-order valence-electron chi connectivity index (χ0n) is 26.3. The van der Waals surface area contributed by atoms with Crippen LogP contribution < -0.4 is 15.0 Å². The van der Waals surface area contributed by atoms with E-state index >= 15 is 8.78 Å². The number of fused-ring (bicyclic) bond motifs is 7. The first-order valence-electron chi connectivity index (χ1n) is 16.5. The predicted octanol–water partition coefficient (Wildman–Crippen LogP) is 6.11. The predicted molar refractivity (Wildman–Crippen MR) is 171 cm³/mol. The number of piperidine rings is 1. The van der Waals surface area contributed by atoms with Crippen LogP contribution in [-0.4, -0.2) is 82.6 Å². The van der Waals surface area contributed by atoms with Crippen LogP contribution in [0, 0.1) is 11.6 Å². The van der Waals surface area contributed by atoms with Gasteiger partial charge in [0.15, 0.2) is 5.82 Å². The second-order valence-corrected chi connectivity index (χ2v) is 13.8. The fourth-order valence-corrected chi connectivity index (χ4v) is 8.25. The van der Waals surface area contributed by atoms with Crippen LogP contribution in [0.4, 0.5) is 23.8 Å². The van der Waals surface area contributed by atoms with Crippen molar-refractivity contribution in [2.24, 2.45) is 0 Å². The minimum atomic E-state index is -0.922. The molecular formula is C35H37F3N6O3. The number of ether oxygens (including phenoxy) is 2. The van der Waals surface area contributed by atoms with E-state index < -0.39 is 35.0 Å². The van der Waals surface area contributed by atoms with Gasteiger partial charge in [-0.05, 0) is 74.4 Å². The highest BCUT2D eigenvalue weighted by molar-refractivity contribution is 6.01. The summed E-state index contributed by atoms with van der Waals surface area (Å²) in [5.74, 6) is -0.649. The van der Waals surface area contributed by atoms with Crippen molar-refractivity contribution < 1.29 is 27.4 Å². The lowest BCUT2D eigenvalue weighted by molar-refractivity contribution is 0.107. The van der Waals surface area contributed by atoms with Gasteiger partial charge in [-0.15, -0.1) is 0 Å². The van der Waals surface area contributed by atoms with E-state index in [0.717, 1.165) is 31.2 Å². The second kappa shape index (κ2) is 11.5. The molecule has 0 aliphatic carbocycles. The number of aromatic nitrogens is 3. The van der Waals surface area contributed by atoms with Gasteiger partial charge in [0.25, 0.3) is 0 Å². The molecular weight excluding hydrogens is 609 g/mol. The molecule has 3 atom stereocenters. The first-order valence-corrected chi connectivity index (χ1v) is 16.5. The summed E-state index contributed by atoms with van der Waals surface area (Å²) in [7, 11) is 0. The highest BCUT2D eigenvalue weighted by Gasteiger charge is 2.49. The Hall–Kier alpha value is -4.19. The van der Waals surface area contributed by atoms with E-state index in [9.17, 15) is 9.18 Å². The number of nitrogens with zero attached hydrogens (tertiary/aromatic N) is 5. The summed E-state index contributed by atoms with van der Waals surface area (Å²) in [4.78, 5) is 31.1. The van der Waals surface area contributed by atoms with Crippen molar-refractivity contribution in [3.63, 3.8) is 0 Å². The Balaban J connectivity index is 1.30. The van der Waals surface area contributed by atoms with Crippen LogP contribution in [0.3, 0.4) is 0 Å². The molecule has 12 heteroatoms. The van der Waals surface area contributed by atoms with Gasteiger partial charge >= 0.3 is 12.1 Å². The standard InChI is InChI=1S/C35H37F3N6O3/c1-34-11-4-13-43(19-34)31-25-17-39-29(24-7-2-6-21-9-10-26(37)23(27(21)24)8-3-15-46-33(45)42-34)28(38)30(25)40-32(41-31)47-20-35-12-5-14-44(35)18-22(36)16-35/h2,6-7,9-10,17,22H,3-5,8,11-16,18-20H2,1H3,(H,42,45)/t22-,34-,35+/m1/s1. The summed E-state index contributed by atoms with van der Waals surface area (Å²) < 4.78 is 58.7. The van der Waals surface area contributed by atoms with Crippen molar-refractivity contribution in [3.05, 3.63) is 53.7 Å². The molecule has 2 aromatic heterocycles. The van der Waals surface area contributed by atoms with E-state index in [4.69, 9.17) is 14.5 Å². The number of aryl methyl sites for hydroxylation is 1. The van der Waals surface area contributed by atoms with Gasteiger partial charge in [0.05, 0.1) is 23.1 Å². The molecule has 5 aliphatic heterocycles. The van der Waals surface area contributed by atoms with Crippen LogP contribution in [0.1, 0.15) is 51.0 Å². The maximum Gasteiger partial charge on any atom is 0.407 e. The second-order valence-electron chi connectivity index (χ2n) is 13.8. The summed E-state index contributed by atoms with van der Waals surface area (Å²) in [6.45, 7) is 4.41. The molecule has 6 bridgehead atoms. The van der Waals surface area contributed by atoms with Crippen molar-refractivity contribution in [1.29, 1.82) is 0 Å². The molecule has 3 saturated heterocycles. The van der Waals surface area contributed by atoms with E-state index in [1.165, 1.54) is 6.07 Å². The van der Waals surface area contributed by atoms with Gasteiger partial charge < -0.3 is 19.7 Å². The number of pyridine rings is 1. The number of hydrogen-bond donors (Lipinski definition) is 1. The molecule has 0 unspecified atom stereocenters. The first-order chi connectivity index (χ1) is 22.7. The van der Waals surface area contributed by atoms with E-state index in [2.05, 4.69) is 20.2 Å². The number of benzene rings is 2. The first kappa shape index (κ1) is 30.2. The fraction of sp³-hybridized carbons (Fsp3) is 0.486. The molecule has 47 heavy (non-hydrogen) atoms. The number of rotatable bonds is 3. The number of alkyl carbamates (subject to hydrolysis) is 1. The van der Waals surface area contributed by atoms with Gasteiger partial charge in [-0.25, -0.2) is 18.0 Å². The molecule has 0 spiro atoms. The maximum atomic E-state index is 16.9. The summed E-state index contributed by atoms with van der Waals surface area (Å²) in [6, 6.07) is 8.44. The van der Waals surface area contributed by atoms with Gasteiger partial charge in [0.1, 0.15) is 35.6 Å². The minimum absolute atomic E-state index is 0.00528. The van der Waals surface area contributed by atoms with Crippen LogP contribution in [0.2, 0.25) is 0 Å². The van der Waals surface area contributed by atoms with Crippen LogP contribution >= 0.6 is 0 Å². The Bertz CT molecular complexity index is 1890. The molecule has 4 aromatic rings. The van der Waals surface area contributed by atoms with E-state index in [1.54, 1.807) is 24.4 Å². The molecule has 9 nitrogen and oxygen atoms in total. The molecule has 246 valence electrons. The monoisotopic (exact) mass is 646 g/mol. The van der Waals surface area contributed by atoms with Crippen molar-refractivity contribution in [1.82, 2.24) is 25.2 Å². The third-order valence-electron chi connectivity index (χ3n) is 10.4. The van der Waals surface area contributed by atoms with Crippen LogP contribution in [-0.2, 0) is 11.2 Å². The van der Waals surface area contributed by atoms with Gasteiger partial charge in [0.2, 0.25) is 0 Å². The zero-order chi connectivity index (χ0) is 32.3. The third-order valence-corrected chi connectivity index (χ3v) is 10.4. The van der Waals surface area contributed by atoms with E-state index in [-0.39, 0.29) is 36.9 Å². The molecule has 2 aromatic carbocycles. The SMILES string of the molecule is C[C@@]12CCCN(C1)c1nc(OC[C@@]34CCCN3C[C@H](F)C4)nc3c(F)c(ncc13)-c1cccc3ccc(F)c(c13)CCCOC(=O)N2. The topological polar surface area (TPSA) is 92.7 Å². The molecule has 0 radical (unpaired) electrons. The van der Waals surface area contributed by atoms with Gasteiger partial charge in [-0.3, -0.25) is 9.88 Å². The fourth-order valence-electron chi connectivity index (χ4n) is 8.25. The molecule has 5 aliphatic rings. The Labute approximate surface area is 270 Å². The molecule has 3 fully saturated rings. The number of carbonyl (C=O) groups excluding carboxylic acids is 1. The number of halogens is 3. The Morgan fingerprint density at radius 1 is 1.11 bits per heavy atom. The normalized spacial score (nSPS) is 26.4. The van der Waals surface area contributed by atoms with Gasteiger partial charge in [-0.1, -0.05) is 24.3 Å². The lowest BCUT2D eigenvalue weighted by Gasteiger charge is -2.41. The number of carbonyl (C=O) groups is 1. The maximum absolute atomic E-state index is 16.9. The van der Waals surface area contributed by atoms with Crippen molar-refractivity contribution in [2.75, 3.05) is 44.3 Å². The lowest BCUT2D eigenvalue weighted by atomic mass is 9.91. The van der Waals surface area contributed by atoms with Crippen LogP contribution in [0.15, 0.2) is 36.5 Å².